The zero-order valence-electron chi connectivity index (χ0n) is 20.6. The molecule has 6 nitrogen and oxygen atoms in total. The molecule has 0 radical (unpaired) electrons. The Morgan fingerprint density at radius 2 is 1.72 bits per heavy atom. The van der Waals surface area contributed by atoms with Crippen LogP contribution in [0.4, 0.5) is 17.6 Å². The van der Waals surface area contributed by atoms with E-state index in [1.807, 2.05) is 0 Å². The SMILES string of the molecule is Cc1cc(-c2ncc(Cl)cc2F)cc(C)c1C1C(=O)CC(CC(=O)NCc2ncc(C(F)(F)F)cc2Cl)C1=O. The van der Waals surface area contributed by atoms with Gasteiger partial charge in [-0.15, -0.1) is 0 Å². The molecule has 1 saturated carbocycles. The molecule has 2 heterocycles. The molecule has 1 aliphatic rings. The quantitative estimate of drug-likeness (QED) is 0.277. The summed E-state index contributed by atoms with van der Waals surface area (Å²) in [6.45, 7) is 3.17. The van der Waals surface area contributed by atoms with E-state index >= 15 is 0 Å². The van der Waals surface area contributed by atoms with Crippen molar-refractivity contribution >= 4 is 40.7 Å². The van der Waals surface area contributed by atoms with E-state index in [0.717, 1.165) is 6.07 Å². The first-order valence-electron chi connectivity index (χ1n) is 11.7. The summed E-state index contributed by atoms with van der Waals surface area (Å²) in [6.07, 6.45) is -3.09. The number of aromatic nitrogens is 2. The van der Waals surface area contributed by atoms with Crippen molar-refractivity contribution in [2.75, 3.05) is 0 Å². The van der Waals surface area contributed by atoms with Crippen LogP contribution in [0.25, 0.3) is 11.3 Å². The van der Waals surface area contributed by atoms with Crippen molar-refractivity contribution in [1.29, 1.82) is 0 Å². The standard InChI is InChI=1S/C27H21Cl2F4N3O3/c1-12-3-14(25-19(30)8-17(28)10-36-25)4-13(2)23(12)24-21(37)5-15(26(24)39)6-22(38)35-11-20-18(29)7-16(9-34-20)27(31,32)33/h3-4,7-10,15,24H,5-6,11H2,1-2H3,(H,35,38). The van der Waals surface area contributed by atoms with Gasteiger partial charge >= 0.3 is 6.18 Å². The number of alkyl halides is 3. The second-order valence-corrected chi connectivity index (χ2v) is 10.2. The van der Waals surface area contributed by atoms with Gasteiger partial charge in [0.1, 0.15) is 17.4 Å². The minimum absolute atomic E-state index is 0.0303. The Morgan fingerprint density at radius 3 is 2.31 bits per heavy atom. The third-order valence-corrected chi connectivity index (χ3v) is 7.08. The number of hydrogen-bond acceptors (Lipinski definition) is 5. The van der Waals surface area contributed by atoms with Crippen LogP contribution in [0.2, 0.25) is 10.0 Å². The molecule has 204 valence electrons. The van der Waals surface area contributed by atoms with Gasteiger partial charge in [-0.1, -0.05) is 23.2 Å². The van der Waals surface area contributed by atoms with E-state index in [1.54, 1.807) is 26.0 Å². The molecule has 3 aromatic rings. The van der Waals surface area contributed by atoms with Crippen molar-refractivity contribution in [1.82, 2.24) is 15.3 Å². The van der Waals surface area contributed by atoms with E-state index in [9.17, 15) is 31.9 Å². The van der Waals surface area contributed by atoms with Gasteiger partial charge in [0, 0.05) is 36.7 Å². The van der Waals surface area contributed by atoms with E-state index in [0.29, 0.717) is 34.5 Å². The summed E-state index contributed by atoms with van der Waals surface area (Å²) in [7, 11) is 0. The molecule has 0 bridgehead atoms. The Labute approximate surface area is 230 Å². The summed E-state index contributed by atoms with van der Waals surface area (Å²) in [5.41, 5.74) is 1.26. The van der Waals surface area contributed by atoms with Crippen molar-refractivity contribution in [3.8, 4) is 11.3 Å². The lowest BCUT2D eigenvalue weighted by Gasteiger charge is -2.17. The first kappa shape index (κ1) is 28.6. The lowest BCUT2D eigenvalue weighted by atomic mass is 9.85. The molecule has 1 N–H and O–H groups in total. The number of aryl methyl sites for hydroxylation is 2. The normalized spacial score (nSPS) is 17.5. The average molecular weight is 582 g/mol. The molecule has 2 unspecified atom stereocenters. The number of carbonyl (C=O) groups excluding carboxylic acids is 3. The maximum absolute atomic E-state index is 14.4. The predicted molar refractivity (Wildman–Crippen MR) is 136 cm³/mol. The number of pyridine rings is 2. The molecule has 1 amide bonds. The fourth-order valence-corrected chi connectivity index (χ4v) is 5.13. The molecule has 1 aliphatic carbocycles. The Balaban J connectivity index is 1.46. The maximum atomic E-state index is 14.4. The summed E-state index contributed by atoms with van der Waals surface area (Å²) >= 11 is 11.7. The minimum Gasteiger partial charge on any atom is -0.350 e. The third-order valence-electron chi connectivity index (χ3n) is 6.55. The molecule has 0 spiro atoms. The summed E-state index contributed by atoms with van der Waals surface area (Å²) in [5.74, 6) is -3.86. The number of hydrogen-bond donors (Lipinski definition) is 1. The minimum atomic E-state index is -4.61. The topological polar surface area (TPSA) is 89.0 Å². The van der Waals surface area contributed by atoms with Gasteiger partial charge in [-0.3, -0.25) is 24.4 Å². The fraction of sp³-hybridized carbons (Fsp3) is 0.296. The van der Waals surface area contributed by atoms with Crippen LogP contribution in [0.15, 0.2) is 36.7 Å². The van der Waals surface area contributed by atoms with E-state index in [2.05, 4.69) is 15.3 Å². The van der Waals surface area contributed by atoms with Gasteiger partial charge in [-0.25, -0.2) is 4.39 Å². The van der Waals surface area contributed by atoms with Crippen LogP contribution in [0.3, 0.4) is 0 Å². The van der Waals surface area contributed by atoms with Crippen LogP contribution in [0.5, 0.6) is 0 Å². The Morgan fingerprint density at radius 1 is 1.05 bits per heavy atom. The second kappa shape index (κ2) is 11.0. The highest BCUT2D eigenvalue weighted by Crippen LogP contribution is 2.39. The summed E-state index contributed by atoms with van der Waals surface area (Å²) in [6, 6.07) is 5.14. The van der Waals surface area contributed by atoms with Crippen molar-refractivity contribution in [2.45, 2.75) is 45.3 Å². The second-order valence-electron chi connectivity index (χ2n) is 9.34. The summed E-state index contributed by atoms with van der Waals surface area (Å²) in [5, 5.41) is 2.38. The van der Waals surface area contributed by atoms with Crippen LogP contribution in [-0.4, -0.2) is 27.4 Å². The molecule has 2 aromatic heterocycles. The fourth-order valence-electron chi connectivity index (χ4n) is 4.76. The van der Waals surface area contributed by atoms with Gasteiger partial charge in [0.25, 0.3) is 0 Å². The molecular weight excluding hydrogens is 561 g/mol. The predicted octanol–water partition coefficient (Wildman–Crippen LogP) is 6.17. The molecule has 39 heavy (non-hydrogen) atoms. The zero-order valence-corrected chi connectivity index (χ0v) is 22.1. The molecule has 0 aliphatic heterocycles. The molecule has 2 atom stereocenters. The van der Waals surface area contributed by atoms with Crippen molar-refractivity contribution < 1.29 is 31.9 Å². The average Bonchev–Trinajstić information content (AvgIpc) is 3.10. The van der Waals surface area contributed by atoms with Crippen molar-refractivity contribution in [3.05, 3.63) is 80.5 Å². The number of rotatable bonds is 6. The van der Waals surface area contributed by atoms with Gasteiger partial charge in [0.15, 0.2) is 11.6 Å². The third kappa shape index (κ3) is 6.12. The molecule has 1 fully saturated rings. The Bertz CT molecular complexity index is 1470. The zero-order chi connectivity index (χ0) is 28.6. The first-order valence-corrected chi connectivity index (χ1v) is 12.5. The molecule has 0 saturated heterocycles. The largest absolute Gasteiger partial charge is 0.417 e. The monoisotopic (exact) mass is 581 g/mol. The van der Waals surface area contributed by atoms with Crippen LogP contribution in [0.1, 0.15) is 46.7 Å². The van der Waals surface area contributed by atoms with Crippen molar-refractivity contribution in [2.24, 2.45) is 5.92 Å². The summed E-state index contributed by atoms with van der Waals surface area (Å²) < 4.78 is 52.8. The Kier molecular flexibility index (Phi) is 8.09. The number of halogens is 6. The highest BCUT2D eigenvalue weighted by Gasteiger charge is 2.44. The molecule has 4 rings (SSSR count). The highest BCUT2D eigenvalue weighted by atomic mass is 35.5. The number of nitrogens with zero attached hydrogens (tertiary/aromatic N) is 2. The van der Waals surface area contributed by atoms with Crippen LogP contribution < -0.4 is 5.32 Å². The number of carbonyl (C=O) groups is 3. The number of Topliss-reactive ketones (excluding diaryl/α,β-unsaturated/α-hetero) is 2. The number of nitrogens with one attached hydrogen (secondary N) is 1. The van der Waals surface area contributed by atoms with Gasteiger partial charge in [-0.2, -0.15) is 13.2 Å². The number of ketones is 2. The van der Waals surface area contributed by atoms with Crippen LogP contribution >= 0.6 is 23.2 Å². The van der Waals surface area contributed by atoms with Gasteiger partial charge < -0.3 is 5.32 Å². The molecule has 1 aromatic carbocycles. The van der Waals surface area contributed by atoms with E-state index < -0.39 is 41.1 Å². The highest BCUT2D eigenvalue weighted by molar-refractivity contribution is 6.31. The lowest BCUT2D eigenvalue weighted by Crippen LogP contribution is -2.27. The van der Waals surface area contributed by atoms with E-state index in [-0.39, 0.29) is 46.6 Å². The first-order chi connectivity index (χ1) is 18.3. The molecule has 12 heteroatoms. The number of benzene rings is 1. The smallest absolute Gasteiger partial charge is 0.350 e. The van der Waals surface area contributed by atoms with Gasteiger partial charge in [-0.05, 0) is 54.8 Å². The van der Waals surface area contributed by atoms with Crippen LogP contribution in [0, 0.1) is 25.6 Å². The van der Waals surface area contributed by atoms with Gasteiger partial charge in [0.2, 0.25) is 5.91 Å². The van der Waals surface area contributed by atoms with E-state index in [4.69, 9.17) is 23.2 Å². The van der Waals surface area contributed by atoms with E-state index in [1.165, 1.54) is 6.20 Å². The van der Waals surface area contributed by atoms with Crippen molar-refractivity contribution in [3.63, 3.8) is 0 Å². The van der Waals surface area contributed by atoms with Gasteiger partial charge in [0.05, 0.1) is 27.8 Å². The number of amides is 1. The maximum Gasteiger partial charge on any atom is 0.417 e. The summed E-state index contributed by atoms with van der Waals surface area (Å²) in [4.78, 5) is 46.4. The Hall–Kier alpha value is -3.37. The van der Waals surface area contributed by atoms with Crippen LogP contribution in [-0.2, 0) is 27.1 Å². The molecular formula is C27H21Cl2F4N3O3. The lowest BCUT2D eigenvalue weighted by molar-refractivity contribution is -0.138.